The molecular weight excluding hydrogens is 236 g/mol. The number of rotatable bonds is 3. The maximum atomic E-state index is 8.76. The first-order chi connectivity index (χ1) is 3.63. The first kappa shape index (κ1) is 8.92. The maximum absolute atomic E-state index is 8.76. The number of hydrogen-bond donors (Lipinski definition) is 1. The van der Waals surface area contributed by atoms with Crippen molar-refractivity contribution in [3.63, 3.8) is 0 Å². The molecule has 0 aliphatic carbocycles. The van der Waals surface area contributed by atoms with Gasteiger partial charge >= 0.3 is 0 Å². The molecule has 3 heteroatoms. The van der Waals surface area contributed by atoms with Gasteiger partial charge in [0.2, 0.25) is 0 Å². The van der Waals surface area contributed by atoms with Gasteiger partial charge in [0.15, 0.2) is 0 Å². The Hall–Kier alpha value is 0.920. The van der Waals surface area contributed by atoms with Gasteiger partial charge in [-0.2, -0.15) is 0 Å². The van der Waals surface area contributed by atoms with Crippen molar-refractivity contribution in [3.8, 4) is 0 Å². The van der Waals surface area contributed by atoms with Crippen molar-refractivity contribution in [2.24, 2.45) is 0 Å². The van der Waals surface area contributed by atoms with Crippen molar-refractivity contribution in [1.82, 2.24) is 0 Å². The molecule has 1 unspecified atom stereocenters. The predicted octanol–water partition coefficient (Wildman–Crippen LogP) is 2.26. The van der Waals surface area contributed by atoms with E-state index in [1.54, 1.807) is 6.92 Å². The van der Waals surface area contributed by atoms with Crippen LogP contribution in [-0.2, 0) is 0 Å². The van der Waals surface area contributed by atoms with Crippen LogP contribution in [0.15, 0.2) is 0 Å². The fraction of sp³-hybridized carbons (Fsp3) is 1.00. The fourth-order valence-electron chi connectivity index (χ4n) is 0.367. The van der Waals surface area contributed by atoms with Gasteiger partial charge in [0.1, 0.15) is 0 Å². The van der Waals surface area contributed by atoms with Gasteiger partial charge in [-0.15, -0.1) is 0 Å². The van der Waals surface area contributed by atoms with Crippen LogP contribution in [-0.4, -0.2) is 14.9 Å². The van der Waals surface area contributed by atoms with Crippen LogP contribution < -0.4 is 0 Å². The lowest BCUT2D eigenvalue weighted by Crippen LogP contribution is -2.00. The van der Waals surface area contributed by atoms with Crippen molar-refractivity contribution >= 4 is 31.9 Å². The van der Waals surface area contributed by atoms with Gasteiger partial charge in [-0.3, -0.25) is 0 Å². The number of aliphatic hydroxyl groups is 1. The second kappa shape index (κ2) is 4.77. The highest BCUT2D eigenvalue weighted by Crippen LogP contribution is 2.15. The molecule has 0 aliphatic rings. The highest BCUT2D eigenvalue weighted by molar-refractivity contribution is 9.24. The minimum atomic E-state index is -0.174. The van der Waals surface area contributed by atoms with Crippen molar-refractivity contribution in [2.75, 3.05) is 0 Å². The summed E-state index contributed by atoms with van der Waals surface area (Å²) in [5.74, 6) is 0. The molecule has 0 radical (unpaired) electrons. The van der Waals surface area contributed by atoms with Gasteiger partial charge in [-0.05, 0) is 19.8 Å². The van der Waals surface area contributed by atoms with E-state index in [1.807, 2.05) is 0 Å². The molecule has 0 heterocycles. The average molecular weight is 246 g/mol. The Morgan fingerprint density at radius 2 is 1.88 bits per heavy atom. The third-order valence-corrected chi connectivity index (χ3v) is 1.72. The minimum absolute atomic E-state index is 0.174. The molecule has 1 N–H and O–H groups in total. The molecule has 0 amide bonds. The van der Waals surface area contributed by atoms with E-state index in [-0.39, 0.29) is 6.10 Å². The molecule has 0 aromatic carbocycles. The van der Waals surface area contributed by atoms with Gasteiger partial charge in [-0.1, -0.05) is 31.9 Å². The fourth-order valence-corrected chi connectivity index (χ4v) is 0.896. The molecule has 1 atom stereocenters. The summed E-state index contributed by atoms with van der Waals surface area (Å²) in [6.45, 7) is 1.79. The van der Waals surface area contributed by atoms with E-state index < -0.39 is 0 Å². The quantitative estimate of drug-likeness (QED) is 0.757. The topological polar surface area (TPSA) is 20.2 Å². The van der Waals surface area contributed by atoms with Crippen molar-refractivity contribution in [2.45, 2.75) is 29.6 Å². The summed E-state index contributed by atoms with van der Waals surface area (Å²) >= 11 is 6.62. The molecule has 0 saturated carbocycles. The number of aliphatic hydroxyl groups excluding tert-OH is 1. The van der Waals surface area contributed by atoms with Crippen LogP contribution >= 0.6 is 31.9 Å². The Labute approximate surface area is 66.7 Å². The number of halogens is 2. The summed E-state index contributed by atoms with van der Waals surface area (Å²) < 4.78 is 0.351. The molecule has 1 nitrogen and oxygen atoms in total. The highest BCUT2D eigenvalue weighted by Gasteiger charge is 1.99. The van der Waals surface area contributed by atoms with Gasteiger partial charge in [0, 0.05) is 0 Å². The third kappa shape index (κ3) is 6.92. The summed E-state index contributed by atoms with van der Waals surface area (Å²) in [6.07, 6.45) is 1.64. The van der Waals surface area contributed by atoms with E-state index >= 15 is 0 Å². The lowest BCUT2D eigenvalue weighted by molar-refractivity contribution is 0.183. The lowest BCUT2D eigenvalue weighted by atomic mass is 10.2. The van der Waals surface area contributed by atoms with Crippen LogP contribution in [0.5, 0.6) is 0 Å². The van der Waals surface area contributed by atoms with Crippen LogP contribution in [0, 0.1) is 0 Å². The smallest absolute Gasteiger partial charge is 0.0698 e. The lowest BCUT2D eigenvalue weighted by Gasteiger charge is -2.02. The monoisotopic (exact) mass is 244 g/mol. The summed E-state index contributed by atoms with van der Waals surface area (Å²) in [7, 11) is 0. The standard InChI is InChI=1S/C5H10Br2O/c1-4(8)2-3-5(6)7/h4-5,8H,2-3H2,1H3. The Balaban J connectivity index is 2.93. The Morgan fingerprint density at radius 1 is 1.38 bits per heavy atom. The van der Waals surface area contributed by atoms with Crippen molar-refractivity contribution in [1.29, 1.82) is 0 Å². The van der Waals surface area contributed by atoms with E-state index in [4.69, 9.17) is 5.11 Å². The van der Waals surface area contributed by atoms with Crippen LogP contribution in [0.2, 0.25) is 0 Å². The molecule has 8 heavy (non-hydrogen) atoms. The van der Waals surface area contributed by atoms with Crippen LogP contribution in [0.3, 0.4) is 0 Å². The molecular formula is C5H10Br2O. The first-order valence-corrected chi connectivity index (χ1v) is 4.42. The van der Waals surface area contributed by atoms with Crippen LogP contribution in [0.25, 0.3) is 0 Å². The SMILES string of the molecule is CC(O)CCC(Br)Br. The van der Waals surface area contributed by atoms with Crippen LogP contribution in [0.4, 0.5) is 0 Å². The van der Waals surface area contributed by atoms with E-state index in [0.717, 1.165) is 12.8 Å². The van der Waals surface area contributed by atoms with E-state index in [9.17, 15) is 0 Å². The second-order valence-electron chi connectivity index (χ2n) is 1.82. The van der Waals surface area contributed by atoms with Crippen LogP contribution in [0.1, 0.15) is 19.8 Å². The van der Waals surface area contributed by atoms with E-state index in [1.165, 1.54) is 0 Å². The van der Waals surface area contributed by atoms with Crippen molar-refractivity contribution in [3.05, 3.63) is 0 Å². The summed E-state index contributed by atoms with van der Waals surface area (Å²) in [4.78, 5) is 0. The molecule has 0 fully saturated rings. The van der Waals surface area contributed by atoms with E-state index in [2.05, 4.69) is 31.9 Å². The zero-order chi connectivity index (χ0) is 6.57. The minimum Gasteiger partial charge on any atom is -0.393 e. The zero-order valence-corrected chi connectivity index (χ0v) is 7.94. The zero-order valence-electron chi connectivity index (χ0n) is 4.77. The normalized spacial score (nSPS) is 14.6. The number of alkyl halides is 2. The third-order valence-electron chi connectivity index (χ3n) is 0.803. The average Bonchev–Trinajstić information content (AvgIpc) is 1.61. The van der Waals surface area contributed by atoms with Gasteiger partial charge in [0.05, 0.1) is 9.84 Å². The number of hydrogen-bond acceptors (Lipinski definition) is 1. The Bertz CT molecular complexity index is 46.4. The van der Waals surface area contributed by atoms with E-state index in [0.29, 0.717) is 3.74 Å². The van der Waals surface area contributed by atoms with Gasteiger partial charge in [-0.25, -0.2) is 0 Å². The molecule has 0 spiro atoms. The molecule has 0 bridgehead atoms. The Morgan fingerprint density at radius 3 is 2.00 bits per heavy atom. The molecule has 50 valence electrons. The molecule has 0 rings (SSSR count). The summed E-state index contributed by atoms with van der Waals surface area (Å²) in [5.41, 5.74) is 0. The van der Waals surface area contributed by atoms with Crippen molar-refractivity contribution < 1.29 is 5.11 Å². The largest absolute Gasteiger partial charge is 0.393 e. The summed E-state index contributed by atoms with van der Waals surface area (Å²) in [5, 5.41) is 8.76. The molecule has 0 aromatic heterocycles. The first-order valence-electron chi connectivity index (χ1n) is 2.59. The Kier molecular flexibility index (Phi) is 5.31. The van der Waals surface area contributed by atoms with Gasteiger partial charge in [0.25, 0.3) is 0 Å². The highest BCUT2D eigenvalue weighted by atomic mass is 79.9. The molecule has 0 aromatic rings. The maximum Gasteiger partial charge on any atom is 0.0698 e. The molecule has 0 saturated heterocycles. The van der Waals surface area contributed by atoms with Gasteiger partial charge < -0.3 is 5.11 Å². The molecule has 0 aliphatic heterocycles. The predicted molar refractivity (Wildman–Crippen MR) is 42.6 cm³/mol. The second-order valence-corrected chi connectivity index (χ2v) is 5.26. The summed E-state index contributed by atoms with van der Waals surface area (Å²) in [6, 6.07) is 0.